The molecule has 0 spiro atoms. The number of hydrogen-bond donors (Lipinski definition) is 1. The van der Waals surface area contributed by atoms with Gasteiger partial charge in [0.25, 0.3) is 0 Å². The Morgan fingerprint density at radius 3 is 2.63 bits per heavy atom. The van der Waals surface area contributed by atoms with Crippen molar-refractivity contribution in [3.05, 3.63) is 71.5 Å². The summed E-state index contributed by atoms with van der Waals surface area (Å²) in [6, 6.07) is 15.2. The minimum atomic E-state index is -1.15. The molecule has 0 aliphatic carbocycles. The molecule has 3 heterocycles. The molecule has 46 heavy (non-hydrogen) atoms. The van der Waals surface area contributed by atoms with Gasteiger partial charge in [-0.25, -0.2) is 0 Å². The van der Waals surface area contributed by atoms with E-state index in [9.17, 15) is 14.4 Å². The van der Waals surface area contributed by atoms with Crippen LogP contribution in [-0.2, 0) is 33.8 Å². The molecule has 0 radical (unpaired) electrons. The number of nitrogens with zero attached hydrogens (tertiary/aromatic N) is 4. The number of nitrogens with one attached hydrogen (secondary N) is 1. The van der Waals surface area contributed by atoms with E-state index in [0.717, 1.165) is 29.7 Å². The van der Waals surface area contributed by atoms with Gasteiger partial charge in [-0.2, -0.15) is 0 Å². The number of anilines is 2. The second-order valence-electron chi connectivity index (χ2n) is 12.2. The van der Waals surface area contributed by atoms with Crippen LogP contribution in [0.1, 0.15) is 44.0 Å². The fourth-order valence-corrected chi connectivity index (χ4v) is 5.65. The Morgan fingerprint density at radius 1 is 1.02 bits per heavy atom. The molecule has 3 aromatic rings. The topological polar surface area (TPSA) is 114 Å². The zero-order valence-electron chi connectivity index (χ0n) is 27.3. The number of likely N-dealkylation sites (N-methyl/N-ethyl adjacent to an activating group) is 1. The van der Waals surface area contributed by atoms with Gasteiger partial charge in [-0.1, -0.05) is 6.07 Å². The van der Waals surface area contributed by atoms with Crippen LogP contribution in [-0.4, -0.2) is 74.7 Å². The van der Waals surface area contributed by atoms with Crippen LogP contribution in [0.3, 0.4) is 0 Å². The molecule has 1 N–H and O–H groups in total. The maximum Gasteiger partial charge on any atom is 0.242 e. The summed E-state index contributed by atoms with van der Waals surface area (Å²) in [6.07, 6.45) is 3.64. The number of hydrogen-bond acceptors (Lipinski definition) is 8. The van der Waals surface area contributed by atoms with Crippen LogP contribution in [0, 0.1) is 5.41 Å². The summed E-state index contributed by atoms with van der Waals surface area (Å²) in [5.74, 6) is 1.63. The van der Waals surface area contributed by atoms with Crippen LogP contribution in [0.2, 0.25) is 0 Å². The fourth-order valence-electron chi connectivity index (χ4n) is 5.65. The SMILES string of the molecule is CCN1C(=O)C(C)(C)C(=O)N(C)c2cc(OCCCc3cc(CNCCN(C)C(=O)Cc4ccc5c(c4)OCO5)ccn3)ccc21. The van der Waals surface area contributed by atoms with E-state index >= 15 is 0 Å². The molecule has 0 saturated heterocycles. The highest BCUT2D eigenvalue weighted by atomic mass is 16.7. The third-order valence-electron chi connectivity index (χ3n) is 8.43. The van der Waals surface area contributed by atoms with Gasteiger partial charge in [0.1, 0.15) is 11.2 Å². The maximum absolute atomic E-state index is 13.1. The summed E-state index contributed by atoms with van der Waals surface area (Å²) < 4.78 is 16.8. The highest BCUT2D eigenvalue weighted by molar-refractivity contribution is 6.20. The van der Waals surface area contributed by atoms with Crippen molar-refractivity contribution in [3.63, 3.8) is 0 Å². The van der Waals surface area contributed by atoms with Gasteiger partial charge in [0.15, 0.2) is 11.5 Å². The minimum Gasteiger partial charge on any atom is -0.494 e. The number of fused-ring (bicyclic) bond motifs is 2. The molecule has 2 aliphatic rings. The standard InChI is InChI=1S/C35H43N5O6/c1-6-40-28-11-10-27(21-29(28)39(5)33(42)35(2,3)34(40)43)44-17-7-8-26-18-25(13-14-37-26)22-36-15-16-38(4)32(41)20-24-9-12-30-31(19-24)46-23-45-30/h9-14,18-19,21,36H,6-8,15-17,20,22-23H2,1-5H3. The summed E-state index contributed by atoms with van der Waals surface area (Å²) in [4.78, 5) is 48.3. The van der Waals surface area contributed by atoms with E-state index < -0.39 is 5.41 Å². The largest absolute Gasteiger partial charge is 0.494 e. The smallest absolute Gasteiger partial charge is 0.242 e. The molecular formula is C35H43N5O6. The number of pyridine rings is 1. The minimum absolute atomic E-state index is 0.0439. The van der Waals surface area contributed by atoms with Crippen LogP contribution in [0.25, 0.3) is 0 Å². The first-order chi connectivity index (χ1) is 22.1. The average Bonchev–Trinajstić information content (AvgIpc) is 3.51. The summed E-state index contributed by atoms with van der Waals surface area (Å²) in [6.45, 7) is 8.35. The lowest BCUT2D eigenvalue weighted by molar-refractivity contribution is -0.137. The van der Waals surface area contributed by atoms with Crippen molar-refractivity contribution in [2.45, 2.75) is 46.6 Å². The molecular weight excluding hydrogens is 586 g/mol. The quantitative estimate of drug-likeness (QED) is 0.223. The summed E-state index contributed by atoms with van der Waals surface area (Å²) in [7, 11) is 3.52. The van der Waals surface area contributed by atoms with Crippen LogP contribution in [0.4, 0.5) is 11.4 Å². The number of benzene rings is 2. The van der Waals surface area contributed by atoms with Crippen molar-refractivity contribution in [1.82, 2.24) is 15.2 Å². The summed E-state index contributed by atoms with van der Waals surface area (Å²) >= 11 is 0. The van der Waals surface area contributed by atoms with Crippen molar-refractivity contribution in [2.24, 2.45) is 5.41 Å². The molecule has 0 atom stereocenters. The van der Waals surface area contributed by atoms with Gasteiger partial charge in [-0.05, 0) is 81.1 Å². The van der Waals surface area contributed by atoms with Gasteiger partial charge in [0.05, 0.1) is 24.4 Å². The number of ether oxygens (including phenoxy) is 3. The fraction of sp³-hybridized carbons (Fsp3) is 0.429. The molecule has 11 heteroatoms. The third kappa shape index (κ3) is 7.25. The van der Waals surface area contributed by atoms with E-state index in [1.807, 2.05) is 62.6 Å². The number of carbonyl (C=O) groups is 3. The van der Waals surface area contributed by atoms with E-state index in [4.69, 9.17) is 14.2 Å². The molecule has 5 rings (SSSR count). The Balaban J connectivity index is 1.05. The predicted octanol–water partition coefficient (Wildman–Crippen LogP) is 3.97. The Bertz CT molecular complexity index is 1590. The predicted molar refractivity (Wildman–Crippen MR) is 175 cm³/mol. The molecule has 0 unspecified atom stereocenters. The Kier molecular flexibility index (Phi) is 10.1. The number of amides is 3. The van der Waals surface area contributed by atoms with Gasteiger partial charge in [-0.15, -0.1) is 0 Å². The molecule has 1 aromatic heterocycles. The van der Waals surface area contributed by atoms with Crippen LogP contribution in [0.15, 0.2) is 54.7 Å². The monoisotopic (exact) mass is 629 g/mol. The van der Waals surface area contributed by atoms with Crippen LogP contribution < -0.4 is 29.3 Å². The summed E-state index contributed by atoms with van der Waals surface area (Å²) in [5.41, 5.74) is 3.21. The van der Waals surface area contributed by atoms with E-state index in [2.05, 4.69) is 16.4 Å². The Hall–Kier alpha value is -4.64. The number of aromatic nitrogens is 1. The van der Waals surface area contributed by atoms with Gasteiger partial charge in [-0.3, -0.25) is 19.4 Å². The Morgan fingerprint density at radius 2 is 1.83 bits per heavy atom. The first-order valence-electron chi connectivity index (χ1n) is 15.7. The lowest BCUT2D eigenvalue weighted by Gasteiger charge is -2.27. The van der Waals surface area contributed by atoms with Crippen LogP contribution >= 0.6 is 0 Å². The third-order valence-corrected chi connectivity index (χ3v) is 8.43. The second-order valence-corrected chi connectivity index (χ2v) is 12.2. The highest BCUT2D eigenvalue weighted by Crippen LogP contribution is 2.40. The first kappa shape index (κ1) is 32.7. The first-order valence-corrected chi connectivity index (χ1v) is 15.7. The molecule has 3 amide bonds. The normalized spacial score (nSPS) is 15.1. The molecule has 0 bridgehead atoms. The average molecular weight is 630 g/mol. The van der Waals surface area contributed by atoms with E-state index in [1.54, 1.807) is 35.6 Å². The maximum atomic E-state index is 13.1. The van der Waals surface area contributed by atoms with Crippen molar-refractivity contribution in [3.8, 4) is 17.2 Å². The zero-order valence-corrected chi connectivity index (χ0v) is 27.3. The molecule has 0 fully saturated rings. The van der Waals surface area contributed by atoms with Crippen LogP contribution in [0.5, 0.6) is 17.2 Å². The number of aryl methyl sites for hydroxylation is 1. The number of carbonyl (C=O) groups excluding carboxylic acids is 3. The van der Waals surface area contributed by atoms with E-state index in [1.165, 1.54) is 0 Å². The van der Waals surface area contributed by atoms with Crippen molar-refractivity contribution >= 4 is 29.1 Å². The number of rotatable bonds is 13. The van der Waals surface area contributed by atoms with Gasteiger partial charge < -0.3 is 34.2 Å². The van der Waals surface area contributed by atoms with Gasteiger partial charge in [0.2, 0.25) is 24.5 Å². The van der Waals surface area contributed by atoms with E-state index in [-0.39, 0.29) is 24.5 Å². The lowest BCUT2D eigenvalue weighted by Crippen LogP contribution is -2.47. The molecule has 244 valence electrons. The molecule has 0 saturated carbocycles. The molecule has 11 nitrogen and oxygen atoms in total. The zero-order chi connectivity index (χ0) is 32.8. The molecule has 2 aromatic carbocycles. The second kappa shape index (κ2) is 14.2. The van der Waals surface area contributed by atoms with Crippen molar-refractivity contribution in [1.29, 1.82) is 0 Å². The van der Waals surface area contributed by atoms with Gasteiger partial charge >= 0.3 is 0 Å². The van der Waals surface area contributed by atoms with E-state index in [0.29, 0.717) is 67.8 Å². The molecule has 2 aliphatic heterocycles. The van der Waals surface area contributed by atoms with Crippen molar-refractivity contribution in [2.75, 3.05) is 56.9 Å². The highest BCUT2D eigenvalue weighted by Gasteiger charge is 2.45. The lowest BCUT2D eigenvalue weighted by atomic mass is 9.90. The summed E-state index contributed by atoms with van der Waals surface area (Å²) in [5, 5.41) is 3.42. The Labute approximate surface area is 270 Å². The van der Waals surface area contributed by atoms with Gasteiger partial charge in [0, 0.05) is 58.2 Å². The van der Waals surface area contributed by atoms with Crippen molar-refractivity contribution < 1.29 is 28.6 Å².